The molecule has 1 aromatic heterocycles. The van der Waals surface area contributed by atoms with Gasteiger partial charge in [-0.1, -0.05) is 0 Å². The van der Waals surface area contributed by atoms with E-state index in [1.165, 1.54) is 11.8 Å². The largest absolute Gasteiger partial charge is 0.395 e. The van der Waals surface area contributed by atoms with Crippen LogP contribution in [0.4, 0.5) is 4.39 Å². The van der Waals surface area contributed by atoms with Crippen LogP contribution in [0, 0.1) is 5.82 Å². The molecule has 2 heterocycles. The molecule has 1 saturated heterocycles. The number of aliphatic hydroxyl groups is 2. The molecule has 94 valence electrons. The van der Waals surface area contributed by atoms with Crippen LogP contribution in [-0.4, -0.2) is 37.7 Å². The Hall–Kier alpha value is -1.12. The predicted molar refractivity (Wildman–Crippen MR) is 59.4 cm³/mol. The number of H-pyrrole nitrogens is 1. The molecule has 0 unspecified atom stereocenters. The van der Waals surface area contributed by atoms with Gasteiger partial charge in [0.2, 0.25) is 5.82 Å². The number of aliphatic hydroxyl groups excluding tert-OH is 2. The van der Waals surface area contributed by atoms with Crippen molar-refractivity contribution in [3.63, 3.8) is 0 Å². The van der Waals surface area contributed by atoms with E-state index in [9.17, 15) is 19.1 Å². The zero-order valence-corrected chi connectivity index (χ0v) is 9.48. The summed E-state index contributed by atoms with van der Waals surface area (Å²) in [5.74, 6) is -1.05. The molecule has 0 saturated carbocycles. The number of halogens is 1. The fourth-order valence-corrected chi connectivity index (χ4v) is 3.10. The van der Waals surface area contributed by atoms with Gasteiger partial charge in [0.15, 0.2) is 0 Å². The number of aromatic amines is 1. The van der Waals surface area contributed by atoms with Crippen molar-refractivity contribution >= 4 is 11.8 Å². The first-order valence-corrected chi connectivity index (χ1v) is 5.92. The van der Waals surface area contributed by atoms with Gasteiger partial charge in [0.25, 0.3) is 5.56 Å². The lowest BCUT2D eigenvalue weighted by Gasteiger charge is -2.12. The fourth-order valence-electron chi connectivity index (χ4n) is 1.72. The molecule has 0 spiro atoms. The zero-order valence-electron chi connectivity index (χ0n) is 8.67. The van der Waals surface area contributed by atoms with Gasteiger partial charge in [0.1, 0.15) is 0 Å². The molecule has 3 atom stereocenters. The van der Waals surface area contributed by atoms with E-state index in [4.69, 9.17) is 5.11 Å². The second-order valence-electron chi connectivity index (χ2n) is 3.76. The second-order valence-corrected chi connectivity index (χ2v) is 5.18. The summed E-state index contributed by atoms with van der Waals surface area (Å²) in [6, 6.07) is 0. The highest BCUT2D eigenvalue weighted by Gasteiger charge is 2.34. The van der Waals surface area contributed by atoms with Crippen LogP contribution in [0.1, 0.15) is 11.8 Å². The molecule has 0 bridgehead atoms. The molecule has 2 rings (SSSR count). The summed E-state index contributed by atoms with van der Waals surface area (Å²) in [4.78, 5) is 24.2. The smallest absolute Gasteiger partial charge is 0.329 e. The molecule has 0 aromatic carbocycles. The number of nitrogens with zero attached hydrogens (tertiary/aromatic N) is 1. The topological polar surface area (TPSA) is 95.3 Å². The monoisotopic (exact) mass is 262 g/mol. The molecule has 1 aliphatic rings. The minimum atomic E-state index is -1.06. The normalized spacial score (nSPS) is 28.5. The van der Waals surface area contributed by atoms with Crippen LogP contribution in [-0.2, 0) is 0 Å². The average molecular weight is 262 g/mol. The number of hydrogen-bond donors (Lipinski definition) is 3. The summed E-state index contributed by atoms with van der Waals surface area (Å²) in [5.41, 5.74) is -1.78. The lowest BCUT2D eigenvalue weighted by atomic mass is 10.2. The van der Waals surface area contributed by atoms with Crippen LogP contribution in [0.2, 0.25) is 0 Å². The van der Waals surface area contributed by atoms with E-state index in [1.54, 1.807) is 0 Å². The molecule has 0 aliphatic carbocycles. The summed E-state index contributed by atoms with van der Waals surface area (Å²) >= 11 is 1.17. The molecule has 3 N–H and O–H groups in total. The zero-order chi connectivity index (χ0) is 12.6. The number of thioether (sulfide) groups is 1. The first-order valence-electron chi connectivity index (χ1n) is 4.98. The Labute approximate surface area is 99.1 Å². The van der Waals surface area contributed by atoms with Gasteiger partial charge < -0.3 is 10.2 Å². The molecule has 0 radical (unpaired) electrons. The first-order chi connectivity index (χ1) is 8.02. The number of rotatable bonds is 2. The van der Waals surface area contributed by atoms with Gasteiger partial charge in [0.05, 0.1) is 29.5 Å². The lowest BCUT2D eigenvalue weighted by Crippen LogP contribution is -2.32. The number of aromatic nitrogens is 2. The third-order valence-electron chi connectivity index (χ3n) is 2.62. The third-order valence-corrected chi connectivity index (χ3v) is 4.17. The minimum Gasteiger partial charge on any atom is -0.395 e. The molecule has 1 fully saturated rings. The van der Waals surface area contributed by atoms with Crippen LogP contribution < -0.4 is 11.2 Å². The Morgan fingerprint density at radius 3 is 2.88 bits per heavy atom. The lowest BCUT2D eigenvalue weighted by molar-refractivity contribution is 0.137. The fraction of sp³-hybridized carbons (Fsp3) is 0.556. The van der Waals surface area contributed by atoms with Gasteiger partial charge >= 0.3 is 5.69 Å². The standard InChI is InChI=1S/C9H11FN2O4S/c10-4-2-12(9(16)11-8(4)15)7-1-5(14)6(3-13)17-7/h2,5-7,13-14H,1,3H2,(H,11,15,16)/t5-,6+,7-/m1/s1. The summed E-state index contributed by atoms with van der Waals surface area (Å²) in [6.07, 6.45) is 0.295. The third kappa shape index (κ3) is 2.28. The number of nitrogens with one attached hydrogen (secondary N) is 1. The van der Waals surface area contributed by atoms with Crippen molar-refractivity contribution in [2.45, 2.75) is 23.1 Å². The van der Waals surface area contributed by atoms with Gasteiger partial charge in [-0.15, -0.1) is 11.8 Å². The van der Waals surface area contributed by atoms with Gasteiger partial charge in [-0.05, 0) is 0 Å². The van der Waals surface area contributed by atoms with Gasteiger partial charge in [0, 0.05) is 6.42 Å². The molecule has 8 heteroatoms. The average Bonchev–Trinajstić information content (AvgIpc) is 2.65. The Morgan fingerprint density at radius 2 is 2.29 bits per heavy atom. The maximum absolute atomic E-state index is 13.1. The van der Waals surface area contributed by atoms with E-state index in [-0.39, 0.29) is 13.0 Å². The minimum absolute atomic E-state index is 0.219. The van der Waals surface area contributed by atoms with Crippen molar-refractivity contribution in [1.29, 1.82) is 0 Å². The predicted octanol–water partition coefficient (Wildman–Crippen LogP) is -0.967. The second kappa shape index (κ2) is 4.63. The van der Waals surface area contributed by atoms with E-state index in [0.29, 0.717) is 0 Å². The Balaban J connectivity index is 2.34. The van der Waals surface area contributed by atoms with Crippen LogP contribution in [0.5, 0.6) is 0 Å². The highest BCUT2D eigenvalue weighted by atomic mass is 32.2. The Morgan fingerprint density at radius 1 is 1.59 bits per heavy atom. The van der Waals surface area contributed by atoms with E-state index in [0.717, 1.165) is 10.8 Å². The molecule has 1 aliphatic heterocycles. The van der Waals surface area contributed by atoms with Crippen molar-refractivity contribution in [3.05, 3.63) is 32.9 Å². The van der Waals surface area contributed by atoms with E-state index in [2.05, 4.69) is 0 Å². The van der Waals surface area contributed by atoms with Gasteiger partial charge in [-0.2, -0.15) is 4.39 Å². The Kier molecular flexibility index (Phi) is 3.36. The summed E-state index contributed by atoms with van der Waals surface area (Å²) in [6.45, 7) is -0.219. The summed E-state index contributed by atoms with van der Waals surface area (Å²) in [7, 11) is 0. The van der Waals surface area contributed by atoms with Crippen molar-refractivity contribution in [1.82, 2.24) is 9.55 Å². The van der Waals surface area contributed by atoms with E-state index >= 15 is 0 Å². The highest BCUT2D eigenvalue weighted by molar-refractivity contribution is 8.00. The summed E-state index contributed by atoms with van der Waals surface area (Å²) in [5, 5.41) is 17.7. The molecule has 17 heavy (non-hydrogen) atoms. The highest BCUT2D eigenvalue weighted by Crippen LogP contribution is 2.40. The number of hydrogen-bond acceptors (Lipinski definition) is 5. The van der Waals surface area contributed by atoms with E-state index < -0.39 is 33.8 Å². The van der Waals surface area contributed by atoms with Crippen LogP contribution in [0.25, 0.3) is 0 Å². The van der Waals surface area contributed by atoms with Gasteiger partial charge in [-0.25, -0.2) is 4.79 Å². The quantitative estimate of drug-likeness (QED) is 0.637. The van der Waals surface area contributed by atoms with Crippen molar-refractivity contribution < 1.29 is 14.6 Å². The maximum Gasteiger partial charge on any atom is 0.329 e. The van der Waals surface area contributed by atoms with Crippen molar-refractivity contribution in [2.24, 2.45) is 0 Å². The molecule has 6 nitrogen and oxygen atoms in total. The molecular formula is C9H11FN2O4S. The Bertz CT molecular complexity index is 528. The first kappa shape index (κ1) is 12.3. The maximum atomic E-state index is 13.1. The van der Waals surface area contributed by atoms with Crippen molar-refractivity contribution in [3.8, 4) is 0 Å². The summed E-state index contributed by atoms with van der Waals surface area (Å²) < 4.78 is 14.1. The molecule has 0 amide bonds. The van der Waals surface area contributed by atoms with Crippen molar-refractivity contribution in [2.75, 3.05) is 6.61 Å². The molecular weight excluding hydrogens is 251 g/mol. The van der Waals surface area contributed by atoms with Crippen LogP contribution in [0.15, 0.2) is 15.8 Å². The van der Waals surface area contributed by atoms with E-state index in [1.807, 2.05) is 4.98 Å². The SMILES string of the molecule is O=c1[nH]c(=O)n([C@H]2C[C@@H](O)[C@H](CO)S2)cc1F. The molecule has 1 aromatic rings. The van der Waals surface area contributed by atoms with Crippen LogP contribution >= 0.6 is 11.8 Å². The van der Waals surface area contributed by atoms with Gasteiger partial charge in [-0.3, -0.25) is 14.3 Å². The van der Waals surface area contributed by atoms with Crippen LogP contribution in [0.3, 0.4) is 0 Å².